The Kier molecular flexibility index (Phi) is 11.3. The van der Waals surface area contributed by atoms with Crippen molar-refractivity contribution in [3.8, 4) is 0 Å². The normalized spacial score (nSPS) is 11.5. The highest BCUT2D eigenvalue weighted by Crippen LogP contribution is 2.55. The van der Waals surface area contributed by atoms with Crippen LogP contribution in [0.25, 0.3) is 21.5 Å². The third-order valence-corrected chi connectivity index (χ3v) is 15.5. The van der Waals surface area contributed by atoms with E-state index < -0.39 is 7.26 Å². The van der Waals surface area contributed by atoms with Gasteiger partial charge in [0.15, 0.2) is 0 Å². The van der Waals surface area contributed by atoms with Crippen LogP contribution in [-0.2, 0) is 13.1 Å². The lowest BCUT2D eigenvalue weighted by Gasteiger charge is -2.27. The van der Waals surface area contributed by atoms with E-state index in [1.165, 1.54) is 53.7 Å². The Morgan fingerprint density at radius 1 is 0.510 bits per heavy atom. The summed E-state index contributed by atoms with van der Waals surface area (Å²) in [5.41, 5.74) is 2.64. The van der Waals surface area contributed by atoms with Crippen molar-refractivity contribution in [2.75, 3.05) is 11.9 Å². The van der Waals surface area contributed by atoms with Crippen molar-refractivity contribution in [1.29, 1.82) is 0 Å². The number of nitrogens with zero attached hydrogens (tertiary/aromatic N) is 2. The highest BCUT2D eigenvalue weighted by atomic mass is 127. The van der Waals surface area contributed by atoms with Crippen molar-refractivity contribution in [3.05, 3.63) is 199 Å². The van der Waals surface area contributed by atoms with Crippen LogP contribution in [0.5, 0.6) is 0 Å². The van der Waals surface area contributed by atoms with E-state index in [-0.39, 0.29) is 24.0 Å². The number of thioether (sulfide) groups is 1. The molecule has 0 aliphatic carbocycles. The lowest BCUT2D eigenvalue weighted by molar-refractivity contribution is -0.725. The van der Waals surface area contributed by atoms with Crippen LogP contribution in [-0.4, -0.2) is 16.5 Å². The minimum Gasteiger partial charge on any atom is -0.220 e. The van der Waals surface area contributed by atoms with Gasteiger partial charge in [-0.1, -0.05) is 127 Å². The van der Waals surface area contributed by atoms with Crippen molar-refractivity contribution in [1.82, 2.24) is 4.57 Å². The molecule has 5 heteroatoms. The summed E-state index contributed by atoms with van der Waals surface area (Å²) in [5.74, 6) is 1.04. The molecule has 0 amide bonds. The summed E-state index contributed by atoms with van der Waals surface area (Å²) in [6.45, 7) is 1.68. The maximum Gasteiger partial charge on any atom is 0.318 e. The third kappa shape index (κ3) is 7.70. The third-order valence-electron chi connectivity index (χ3n) is 9.71. The molecule has 0 aliphatic rings. The predicted molar refractivity (Wildman–Crippen MR) is 231 cm³/mol. The molecule has 0 atom stereocenters. The number of benzene rings is 7. The molecule has 8 aromatic rings. The van der Waals surface area contributed by atoms with E-state index in [0.717, 1.165) is 31.4 Å². The number of hydrogen-bond donors (Lipinski definition) is 0. The topological polar surface area (TPSA) is 8.81 Å². The van der Waals surface area contributed by atoms with E-state index in [9.17, 15) is 0 Å². The molecule has 1 heterocycles. The van der Waals surface area contributed by atoms with Gasteiger partial charge in [0, 0.05) is 5.75 Å². The predicted octanol–water partition coefficient (Wildman–Crippen LogP) is 10.3. The fourth-order valence-corrected chi connectivity index (χ4v) is 12.9. The molecule has 0 saturated carbocycles. The Hall–Kier alpha value is -4.22. The van der Waals surface area contributed by atoms with E-state index in [0.29, 0.717) is 0 Å². The van der Waals surface area contributed by atoms with Crippen LogP contribution in [0.4, 0.5) is 0 Å². The second-order valence-corrected chi connectivity index (χ2v) is 17.6. The van der Waals surface area contributed by atoms with Crippen LogP contribution in [0.15, 0.2) is 193 Å². The van der Waals surface area contributed by atoms with Gasteiger partial charge in [-0.25, -0.2) is 9.13 Å². The molecule has 252 valence electrons. The van der Waals surface area contributed by atoms with Crippen molar-refractivity contribution in [2.24, 2.45) is 0 Å². The molecule has 51 heavy (non-hydrogen) atoms. The van der Waals surface area contributed by atoms with E-state index in [2.05, 4.69) is 197 Å². The maximum atomic E-state index is 2.45. The molecule has 0 fully saturated rings. The SMILES string of the molecule is I.c1ccc([P+](CCCSc2n(Cc3ccc4ccccc4c3)cc[n+]2Cc2ccc3ccccc3c2)(c2ccccc2)c2ccccc2)cc1. The zero-order valence-corrected chi connectivity index (χ0v) is 32.6. The average molecular weight is 813 g/mol. The van der Waals surface area contributed by atoms with Gasteiger partial charge >= 0.3 is 5.16 Å². The Morgan fingerprint density at radius 3 is 1.53 bits per heavy atom. The van der Waals surface area contributed by atoms with Gasteiger partial charge in [-0.2, -0.15) is 0 Å². The van der Waals surface area contributed by atoms with E-state index >= 15 is 0 Å². The van der Waals surface area contributed by atoms with Gasteiger partial charge in [0.25, 0.3) is 0 Å². The Bertz CT molecular complexity index is 2150. The van der Waals surface area contributed by atoms with Gasteiger partial charge in [0.1, 0.15) is 48.7 Å². The first-order valence-electron chi connectivity index (χ1n) is 17.5. The fraction of sp³-hybridized carbons (Fsp3) is 0.109. The first kappa shape index (κ1) is 35.2. The lowest BCUT2D eigenvalue weighted by Crippen LogP contribution is -2.35. The standard InChI is InChI=1S/C46H41N2PS.HI/c1-4-19-43(20-5-1)49(44-21-6-2-7-22-44,45-23-8-3-9-24-45)31-14-32-50-46-47(35-37-25-27-39-15-10-12-17-41(39)33-37)29-30-48(46)36-38-26-28-40-16-11-13-18-42(40)34-38;/h1-13,15-30,33-34H,14,31-32,35-36H2;1H/q+2;. The summed E-state index contributed by atoms with van der Waals surface area (Å²) in [4.78, 5) is 0. The summed E-state index contributed by atoms with van der Waals surface area (Å²) < 4.78 is 4.90. The second-order valence-electron chi connectivity index (χ2n) is 12.9. The molecule has 8 rings (SSSR count). The molecule has 0 aliphatic heterocycles. The zero-order chi connectivity index (χ0) is 33.6. The number of fused-ring (bicyclic) bond motifs is 2. The summed E-state index contributed by atoms with van der Waals surface area (Å²) in [6.07, 6.45) is 6.77. The molecule has 0 bridgehead atoms. The summed E-state index contributed by atoms with van der Waals surface area (Å²) in [6, 6.07) is 64.8. The maximum absolute atomic E-state index is 2.45. The van der Waals surface area contributed by atoms with E-state index in [1.54, 1.807) is 0 Å². The van der Waals surface area contributed by atoms with Crippen LogP contribution < -0.4 is 20.5 Å². The van der Waals surface area contributed by atoms with Crippen LogP contribution >= 0.6 is 43.0 Å². The fourth-order valence-electron chi connectivity index (χ4n) is 7.27. The Morgan fingerprint density at radius 2 is 0.980 bits per heavy atom. The first-order valence-corrected chi connectivity index (χ1v) is 20.4. The van der Waals surface area contributed by atoms with Crippen molar-refractivity contribution < 1.29 is 4.57 Å². The van der Waals surface area contributed by atoms with Crippen LogP contribution in [0.3, 0.4) is 0 Å². The number of aromatic nitrogens is 2. The van der Waals surface area contributed by atoms with Crippen LogP contribution in [0.2, 0.25) is 0 Å². The van der Waals surface area contributed by atoms with Crippen molar-refractivity contribution >= 4 is 80.5 Å². The van der Waals surface area contributed by atoms with E-state index in [4.69, 9.17) is 0 Å². The van der Waals surface area contributed by atoms with Gasteiger partial charge in [-0.3, -0.25) is 0 Å². The quantitative estimate of drug-likeness (QED) is 0.0393. The van der Waals surface area contributed by atoms with Gasteiger partial charge in [-0.05, 0) is 99.4 Å². The van der Waals surface area contributed by atoms with Crippen molar-refractivity contribution in [3.63, 3.8) is 0 Å². The van der Waals surface area contributed by atoms with E-state index in [1.807, 2.05) is 11.8 Å². The van der Waals surface area contributed by atoms with Crippen LogP contribution in [0.1, 0.15) is 17.5 Å². The first-order chi connectivity index (χ1) is 24.8. The summed E-state index contributed by atoms with van der Waals surface area (Å²) in [7, 11) is -1.87. The molecular weight excluding hydrogens is 770 g/mol. The number of halogens is 1. The van der Waals surface area contributed by atoms with Gasteiger partial charge in [-0.15, -0.1) is 24.0 Å². The molecule has 1 aromatic heterocycles. The smallest absolute Gasteiger partial charge is 0.220 e. The lowest BCUT2D eigenvalue weighted by atomic mass is 10.1. The Labute approximate surface area is 323 Å². The minimum atomic E-state index is -1.87. The molecule has 0 radical (unpaired) electrons. The molecular formula is C46H42IN2PS+2. The number of imidazole rings is 1. The zero-order valence-electron chi connectivity index (χ0n) is 28.6. The largest absolute Gasteiger partial charge is 0.318 e. The highest BCUT2D eigenvalue weighted by molar-refractivity contribution is 14.0. The molecule has 0 spiro atoms. The summed E-state index contributed by atoms with van der Waals surface area (Å²) >= 11 is 2.00. The molecule has 0 saturated heterocycles. The monoisotopic (exact) mass is 812 g/mol. The van der Waals surface area contributed by atoms with Gasteiger partial charge < -0.3 is 0 Å². The number of hydrogen-bond acceptors (Lipinski definition) is 1. The second kappa shape index (κ2) is 16.4. The van der Waals surface area contributed by atoms with Crippen molar-refractivity contribution in [2.45, 2.75) is 24.7 Å². The minimum absolute atomic E-state index is 0. The average Bonchev–Trinajstić information content (AvgIpc) is 3.55. The van der Waals surface area contributed by atoms with Crippen LogP contribution in [0, 0.1) is 0 Å². The molecule has 2 nitrogen and oxygen atoms in total. The van der Waals surface area contributed by atoms with Gasteiger partial charge in [0.05, 0.1) is 6.16 Å². The number of rotatable bonds is 12. The van der Waals surface area contributed by atoms with Gasteiger partial charge in [0.2, 0.25) is 0 Å². The Balaban J connectivity index is 0.00000406. The molecule has 0 N–H and O–H groups in total. The molecule has 0 unspecified atom stereocenters. The molecule has 7 aromatic carbocycles. The summed E-state index contributed by atoms with van der Waals surface area (Å²) in [5, 5.41) is 10.8. The highest BCUT2D eigenvalue weighted by Gasteiger charge is 2.44.